The van der Waals surface area contributed by atoms with E-state index >= 15 is 0 Å². The smallest absolute Gasteiger partial charge is 0.387 e. The number of sulfonamides is 1. The second-order valence-electron chi connectivity index (χ2n) is 10.4. The van der Waals surface area contributed by atoms with E-state index in [4.69, 9.17) is 16.4 Å². The summed E-state index contributed by atoms with van der Waals surface area (Å²) in [5.41, 5.74) is -0.561. The molecule has 0 radical (unpaired) electrons. The summed E-state index contributed by atoms with van der Waals surface area (Å²) in [4.78, 5) is 24.5. The first-order chi connectivity index (χ1) is 19.5. The van der Waals surface area contributed by atoms with Gasteiger partial charge in [-0.15, -0.1) is 0 Å². The molecule has 1 spiro atoms. The Kier molecular flexibility index (Phi) is 6.99. The predicted molar refractivity (Wildman–Crippen MR) is 146 cm³/mol. The highest BCUT2D eigenvalue weighted by Gasteiger charge is 2.42. The van der Waals surface area contributed by atoms with Crippen LogP contribution in [0, 0.1) is 0 Å². The number of halogens is 4. The SMILES string of the molecule is O=C(C1=NOC2(CCCNC2)C1)n1ccc2cc(S(=O)(=O)N3CCN(c4cc(C(F)(F)F)cc(Cl)n4)CC3)ccc21. The number of pyridine rings is 1. The molecule has 218 valence electrons. The zero-order valence-electron chi connectivity index (χ0n) is 21.7. The molecule has 41 heavy (non-hydrogen) atoms. The lowest BCUT2D eigenvalue weighted by atomic mass is 9.89. The van der Waals surface area contributed by atoms with Crippen LogP contribution in [0.25, 0.3) is 10.9 Å². The van der Waals surface area contributed by atoms with Gasteiger partial charge in [0.1, 0.15) is 16.7 Å². The van der Waals surface area contributed by atoms with Crippen LogP contribution in [-0.2, 0) is 21.0 Å². The number of piperidine rings is 1. The lowest BCUT2D eigenvalue weighted by molar-refractivity contribution is -0.137. The second-order valence-corrected chi connectivity index (χ2v) is 12.7. The van der Waals surface area contributed by atoms with Gasteiger partial charge in [0, 0.05) is 50.7 Å². The van der Waals surface area contributed by atoms with E-state index in [-0.39, 0.29) is 48.0 Å². The van der Waals surface area contributed by atoms with E-state index in [1.54, 1.807) is 23.2 Å². The number of hydrogen-bond acceptors (Lipinski definition) is 8. The number of carbonyl (C=O) groups excluding carboxylic acids is 1. The first-order valence-electron chi connectivity index (χ1n) is 13.1. The van der Waals surface area contributed by atoms with Crippen LogP contribution in [0.5, 0.6) is 0 Å². The van der Waals surface area contributed by atoms with Gasteiger partial charge in [-0.05, 0) is 55.8 Å². The lowest BCUT2D eigenvalue weighted by Crippen LogP contribution is -2.49. The Morgan fingerprint density at radius 3 is 2.59 bits per heavy atom. The second kappa shape index (κ2) is 10.3. The molecule has 5 heterocycles. The monoisotopic (exact) mass is 610 g/mol. The summed E-state index contributed by atoms with van der Waals surface area (Å²) in [6, 6.07) is 7.87. The van der Waals surface area contributed by atoms with E-state index < -0.39 is 27.4 Å². The van der Waals surface area contributed by atoms with Crippen LogP contribution < -0.4 is 10.2 Å². The van der Waals surface area contributed by atoms with Crippen molar-refractivity contribution in [3.63, 3.8) is 0 Å². The molecule has 3 aliphatic rings. The molecule has 2 fully saturated rings. The zero-order valence-corrected chi connectivity index (χ0v) is 23.3. The van der Waals surface area contributed by atoms with Gasteiger partial charge in [0.15, 0.2) is 5.60 Å². The molecule has 3 aromatic rings. The Labute approximate surface area is 238 Å². The van der Waals surface area contributed by atoms with E-state index in [9.17, 15) is 26.4 Å². The zero-order chi connectivity index (χ0) is 29.0. The molecular weight excluding hydrogens is 585 g/mol. The molecule has 6 rings (SSSR count). The van der Waals surface area contributed by atoms with Crippen LogP contribution in [0.3, 0.4) is 0 Å². The topological polar surface area (TPSA) is 109 Å². The molecule has 0 bridgehead atoms. The van der Waals surface area contributed by atoms with Crippen molar-refractivity contribution in [3.8, 4) is 0 Å². The van der Waals surface area contributed by atoms with Crippen molar-refractivity contribution in [2.75, 3.05) is 44.2 Å². The van der Waals surface area contributed by atoms with Gasteiger partial charge in [0.05, 0.1) is 16.0 Å². The predicted octanol–water partition coefficient (Wildman–Crippen LogP) is 3.76. The standard InChI is InChI=1S/C26H26ClF3N6O4S/c27-22-13-18(26(28,29)30)14-23(32-22)34-8-10-35(11-9-34)41(38,39)19-2-3-21-17(12-19)4-7-36(21)24(37)20-15-25(40-33-20)5-1-6-31-16-25/h2-4,7,12-14,31H,1,5-6,8-11,15-16H2. The largest absolute Gasteiger partial charge is 0.416 e. The lowest BCUT2D eigenvalue weighted by Gasteiger charge is -2.35. The van der Waals surface area contributed by atoms with Gasteiger partial charge >= 0.3 is 6.18 Å². The number of piperazine rings is 1. The van der Waals surface area contributed by atoms with E-state index in [2.05, 4.69) is 15.5 Å². The highest BCUT2D eigenvalue weighted by atomic mass is 35.5. The van der Waals surface area contributed by atoms with E-state index in [0.717, 1.165) is 31.5 Å². The van der Waals surface area contributed by atoms with Crippen LogP contribution >= 0.6 is 11.6 Å². The third-order valence-corrected chi connectivity index (χ3v) is 9.80. The Hall–Kier alpha value is -3.20. The molecule has 1 unspecified atom stereocenters. The van der Waals surface area contributed by atoms with Gasteiger partial charge < -0.3 is 15.1 Å². The van der Waals surface area contributed by atoms with Crippen molar-refractivity contribution < 1.29 is 31.2 Å². The minimum Gasteiger partial charge on any atom is -0.387 e. The van der Waals surface area contributed by atoms with Gasteiger partial charge in [0.25, 0.3) is 5.91 Å². The third kappa shape index (κ3) is 5.29. The number of carbonyl (C=O) groups is 1. The Balaban J connectivity index is 1.16. The van der Waals surface area contributed by atoms with Gasteiger partial charge in [-0.2, -0.15) is 17.5 Å². The van der Waals surface area contributed by atoms with Crippen molar-refractivity contribution in [2.24, 2.45) is 5.16 Å². The minimum absolute atomic E-state index is 0.0391. The van der Waals surface area contributed by atoms with Crippen molar-refractivity contribution in [2.45, 2.75) is 35.9 Å². The van der Waals surface area contributed by atoms with Gasteiger partial charge in [-0.3, -0.25) is 9.36 Å². The maximum absolute atomic E-state index is 13.4. The summed E-state index contributed by atoms with van der Waals surface area (Å²) >= 11 is 5.81. The van der Waals surface area contributed by atoms with Crippen molar-refractivity contribution >= 4 is 50.0 Å². The number of alkyl halides is 3. The van der Waals surface area contributed by atoms with Crippen LogP contribution in [0.1, 0.15) is 29.6 Å². The van der Waals surface area contributed by atoms with Gasteiger partial charge in [0.2, 0.25) is 10.0 Å². The number of nitrogens with zero attached hydrogens (tertiary/aromatic N) is 5. The van der Waals surface area contributed by atoms with Gasteiger partial charge in [-0.25, -0.2) is 13.4 Å². The molecule has 2 saturated heterocycles. The number of anilines is 1. The number of hydrogen-bond donors (Lipinski definition) is 1. The average Bonchev–Trinajstić information content (AvgIpc) is 3.56. The van der Waals surface area contributed by atoms with E-state index in [1.807, 2.05) is 0 Å². The number of oxime groups is 1. The number of fused-ring (bicyclic) bond motifs is 1. The van der Waals surface area contributed by atoms with Crippen LogP contribution in [0.15, 0.2) is 52.6 Å². The molecule has 0 amide bonds. The quantitative estimate of drug-likeness (QED) is 0.448. The van der Waals surface area contributed by atoms with E-state index in [1.165, 1.54) is 21.0 Å². The fourth-order valence-corrected chi connectivity index (χ4v) is 7.18. The average molecular weight is 611 g/mol. The maximum atomic E-state index is 13.4. The maximum Gasteiger partial charge on any atom is 0.416 e. The molecule has 3 aliphatic heterocycles. The Morgan fingerprint density at radius 1 is 1.10 bits per heavy atom. The van der Waals surface area contributed by atoms with Crippen molar-refractivity contribution in [1.82, 2.24) is 19.2 Å². The van der Waals surface area contributed by atoms with Crippen LogP contribution in [-0.4, -0.2) is 78.8 Å². The number of benzene rings is 1. The molecular formula is C26H26ClF3N6O4S. The molecule has 15 heteroatoms. The summed E-state index contributed by atoms with van der Waals surface area (Å²) in [6.07, 6.45) is -0.845. The summed E-state index contributed by atoms with van der Waals surface area (Å²) < 4.78 is 69.2. The molecule has 1 N–H and O–H groups in total. The summed E-state index contributed by atoms with van der Waals surface area (Å²) in [5.74, 6) is -0.283. The highest BCUT2D eigenvalue weighted by molar-refractivity contribution is 7.89. The first-order valence-corrected chi connectivity index (χ1v) is 14.9. The molecule has 1 aromatic carbocycles. The molecule has 2 aromatic heterocycles. The minimum atomic E-state index is -4.58. The fraction of sp³-hybridized carbons (Fsp3) is 0.423. The van der Waals surface area contributed by atoms with Gasteiger partial charge in [-0.1, -0.05) is 16.8 Å². The summed E-state index contributed by atoms with van der Waals surface area (Å²) in [5, 5.41) is 7.63. The normalized spacial score (nSPS) is 22.2. The molecule has 0 aliphatic carbocycles. The molecule has 10 nitrogen and oxygen atoms in total. The summed E-state index contributed by atoms with van der Waals surface area (Å²) in [7, 11) is -3.91. The Bertz CT molecular complexity index is 1640. The number of nitrogens with one attached hydrogen (secondary N) is 1. The van der Waals surface area contributed by atoms with Crippen molar-refractivity contribution in [1.29, 1.82) is 0 Å². The van der Waals surface area contributed by atoms with Crippen LogP contribution in [0.4, 0.5) is 19.0 Å². The number of aromatic nitrogens is 2. The third-order valence-electron chi connectivity index (χ3n) is 7.71. The molecule has 1 atom stereocenters. The number of rotatable bonds is 4. The highest BCUT2D eigenvalue weighted by Crippen LogP contribution is 2.34. The van der Waals surface area contributed by atoms with Crippen molar-refractivity contribution in [3.05, 3.63) is 53.3 Å². The first kappa shape index (κ1) is 27.9. The summed E-state index contributed by atoms with van der Waals surface area (Å²) in [6.45, 7) is 1.90. The van der Waals surface area contributed by atoms with E-state index in [0.29, 0.717) is 29.6 Å². The molecule has 0 saturated carbocycles. The Morgan fingerprint density at radius 2 is 1.88 bits per heavy atom. The fourth-order valence-electron chi connectivity index (χ4n) is 5.52. The van der Waals surface area contributed by atoms with Crippen LogP contribution in [0.2, 0.25) is 5.15 Å².